The van der Waals surface area contributed by atoms with Crippen LogP contribution in [0.3, 0.4) is 0 Å². The van der Waals surface area contributed by atoms with Crippen molar-refractivity contribution in [3.63, 3.8) is 0 Å². The number of hydrogen-bond donors (Lipinski definition) is 0. The molecule has 0 saturated carbocycles. The van der Waals surface area contributed by atoms with Gasteiger partial charge in [-0.05, 0) is 30.5 Å². The van der Waals surface area contributed by atoms with Gasteiger partial charge in [-0.15, -0.1) is 0 Å². The van der Waals surface area contributed by atoms with Crippen LogP contribution in [0.25, 0.3) is 5.57 Å². The van der Waals surface area contributed by atoms with Crippen molar-refractivity contribution in [2.75, 3.05) is 13.1 Å². The van der Waals surface area contributed by atoms with Gasteiger partial charge in [-0.1, -0.05) is 65.9 Å². The van der Waals surface area contributed by atoms with E-state index in [1.165, 1.54) is 5.57 Å². The summed E-state index contributed by atoms with van der Waals surface area (Å²) in [5.74, 6) is 6.65. The van der Waals surface area contributed by atoms with Gasteiger partial charge in [0.15, 0.2) is 0 Å². The van der Waals surface area contributed by atoms with E-state index in [0.29, 0.717) is 0 Å². The Morgan fingerprint density at radius 3 is 2.13 bits per heavy atom. The number of benzene rings is 2. The number of allylic oxidation sites excluding steroid dienone is 1. The van der Waals surface area contributed by atoms with E-state index in [9.17, 15) is 4.79 Å². The summed E-state index contributed by atoms with van der Waals surface area (Å²) in [6.07, 6.45) is 2.73. The molecule has 1 amide bonds. The first-order valence-corrected chi connectivity index (χ1v) is 7.90. The van der Waals surface area contributed by atoms with Gasteiger partial charge in [0.2, 0.25) is 6.41 Å². The molecule has 1 aliphatic rings. The first-order valence-electron chi connectivity index (χ1n) is 7.90. The molecule has 1 aliphatic heterocycles. The number of nitrogens with zero attached hydrogens (tertiary/aromatic N) is 1. The summed E-state index contributed by atoms with van der Waals surface area (Å²) >= 11 is 0. The third-order valence-corrected chi connectivity index (χ3v) is 4.07. The average molecular weight is 301 g/mol. The number of likely N-dealkylation sites (tertiary alicyclic amines) is 1. The van der Waals surface area contributed by atoms with E-state index >= 15 is 0 Å². The fourth-order valence-electron chi connectivity index (χ4n) is 2.77. The Morgan fingerprint density at radius 1 is 0.913 bits per heavy atom. The standard InChI is InChI=1S/C21H19NO/c23-17-22-15-13-20(14-16-22)21(19-9-5-2-6-10-19)12-11-18-7-3-1-4-8-18/h1-10,17H,13-16H2. The topological polar surface area (TPSA) is 20.3 Å². The molecule has 3 rings (SSSR count). The van der Waals surface area contributed by atoms with Gasteiger partial charge in [0.05, 0.1) is 0 Å². The quantitative estimate of drug-likeness (QED) is 0.611. The molecule has 0 radical (unpaired) electrons. The Bertz CT molecular complexity index is 741. The Hall–Kier alpha value is -2.79. The number of amides is 1. The summed E-state index contributed by atoms with van der Waals surface area (Å²) in [5.41, 5.74) is 4.63. The van der Waals surface area contributed by atoms with Crippen molar-refractivity contribution in [2.45, 2.75) is 12.8 Å². The monoisotopic (exact) mass is 301 g/mol. The summed E-state index contributed by atoms with van der Waals surface area (Å²) < 4.78 is 0. The third-order valence-electron chi connectivity index (χ3n) is 4.07. The predicted octanol–water partition coefficient (Wildman–Crippen LogP) is 3.74. The van der Waals surface area contributed by atoms with Crippen LogP contribution in [0.5, 0.6) is 0 Å². The van der Waals surface area contributed by atoms with Crippen LogP contribution < -0.4 is 0 Å². The van der Waals surface area contributed by atoms with E-state index in [0.717, 1.165) is 49.0 Å². The minimum Gasteiger partial charge on any atom is -0.345 e. The molecule has 0 unspecified atom stereocenters. The zero-order valence-corrected chi connectivity index (χ0v) is 13.0. The number of carbonyl (C=O) groups excluding carboxylic acids is 1. The lowest BCUT2D eigenvalue weighted by atomic mass is 9.93. The lowest BCUT2D eigenvalue weighted by Gasteiger charge is -2.25. The fourth-order valence-corrected chi connectivity index (χ4v) is 2.77. The second-order valence-corrected chi connectivity index (χ2v) is 5.60. The summed E-state index contributed by atoms with van der Waals surface area (Å²) in [6.45, 7) is 1.56. The lowest BCUT2D eigenvalue weighted by molar-refractivity contribution is -0.118. The second-order valence-electron chi connectivity index (χ2n) is 5.60. The van der Waals surface area contributed by atoms with Crippen molar-refractivity contribution in [2.24, 2.45) is 0 Å². The van der Waals surface area contributed by atoms with Crippen LogP contribution in [0.15, 0.2) is 66.2 Å². The van der Waals surface area contributed by atoms with Crippen molar-refractivity contribution in [3.8, 4) is 11.8 Å². The molecular formula is C21H19NO. The molecule has 0 N–H and O–H groups in total. The SMILES string of the molecule is O=CN1CCC(=C(C#Cc2ccccc2)c2ccccc2)CC1. The highest BCUT2D eigenvalue weighted by atomic mass is 16.1. The lowest BCUT2D eigenvalue weighted by Crippen LogP contribution is -2.29. The van der Waals surface area contributed by atoms with Gasteiger partial charge in [0.25, 0.3) is 0 Å². The molecule has 1 heterocycles. The van der Waals surface area contributed by atoms with Gasteiger partial charge < -0.3 is 4.90 Å². The van der Waals surface area contributed by atoms with Crippen molar-refractivity contribution >= 4 is 12.0 Å². The van der Waals surface area contributed by atoms with Gasteiger partial charge in [0.1, 0.15) is 0 Å². The highest BCUT2D eigenvalue weighted by Gasteiger charge is 2.15. The molecule has 1 fully saturated rings. The van der Waals surface area contributed by atoms with Crippen LogP contribution in [-0.2, 0) is 4.79 Å². The van der Waals surface area contributed by atoms with Gasteiger partial charge >= 0.3 is 0 Å². The van der Waals surface area contributed by atoms with E-state index < -0.39 is 0 Å². The molecule has 1 saturated heterocycles. The van der Waals surface area contributed by atoms with Gasteiger partial charge in [-0.25, -0.2) is 0 Å². The molecule has 2 heteroatoms. The molecule has 0 aromatic heterocycles. The molecule has 2 nitrogen and oxygen atoms in total. The Labute approximate surface area is 137 Å². The van der Waals surface area contributed by atoms with Crippen molar-refractivity contribution in [1.29, 1.82) is 0 Å². The van der Waals surface area contributed by atoms with E-state index in [2.05, 4.69) is 24.0 Å². The van der Waals surface area contributed by atoms with Crippen LogP contribution in [0.4, 0.5) is 0 Å². The Kier molecular flexibility index (Phi) is 4.91. The van der Waals surface area contributed by atoms with Crippen molar-refractivity contribution < 1.29 is 4.79 Å². The highest BCUT2D eigenvalue weighted by molar-refractivity contribution is 5.82. The fraction of sp³-hybridized carbons (Fsp3) is 0.190. The Balaban J connectivity index is 1.96. The number of hydrogen-bond acceptors (Lipinski definition) is 1. The highest BCUT2D eigenvalue weighted by Crippen LogP contribution is 2.26. The second kappa shape index (κ2) is 7.47. The molecule has 23 heavy (non-hydrogen) atoms. The molecule has 114 valence electrons. The van der Waals surface area contributed by atoms with Gasteiger partial charge in [0, 0.05) is 24.2 Å². The van der Waals surface area contributed by atoms with Crippen LogP contribution in [0, 0.1) is 11.8 Å². The summed E-state index contributed by atoms with van der Waals surface area (Å²) in [6, 6.07) is 20.4. The largest absolute Gasteiger partial charge is 0.345 e. The summed E-state index contributed by atoms with van der Waals surface area (Å²) in [5, 5.41) is 0. The first-order chi connectivity index (χ1) is 11.4. The molecule has 2 aromatic carbocycles. The van der Waals surface area contributed by atoms with Crippen LogP contribution in [0.2, 0.25) is 0 Å². The van der Waals surface area contributed by atoms with Gasteiger partial charge in [-0.2, -0.15) is 0 Å². The zero-order valence-electron chi connectivity index (χ0n) is 13.0. The first kappa shape index (κ1) is 15.1. The maximum Gasteiger partial charge on any atom is 0.209 e. The van der Waals surface area contributed by atoms with E-state index in [1.807, 2.05) is 53.4 Å². The summed E-state index contributed by atoms with van der Waals surface area (Å²) in [7, 11) is 0. The molecular weight excluding hydrogens is 282 g/mol. The van der Waals surface area contributed by atoms with Crippen LogP contribution >= 0.6 is 0 Å². The minimum atomic E-state index is 0.780. The normalized spacial score (nSPS) is 13.9. The Morgan fingerprint density at radius 2 is 1.52 bits per heavy atom. The number of rotatable bonds is 2. The van der Waals surface area contributed by atoms with Crippen LogP contribution in [-0.4, -0.2) is 24.4 Å². The maximum atomic E-state index is 10.9. The smallest absolute Gasteiger partial charge is 0.209 e. The molecule has 0 bridgehead atoms. The van der Waals surface area contributed by atoms with E-state index in [1.54, 1.807) is 0 Å². The van der Waals surface area contributed by atoms with Crippen LogP contribution in [0.1, 0.15) is 24.0 Å². The molecule has 0 spiro atoms. The summed E-state index contributed by atoms with van der Waals surface area (Å²) in [4.78, 5) is 12.7. The zero-order chi connectivity index (χ0) is 15.9. The third kappa shape index (κ3) is 3.90. The van der Waals surface area contributed by atoms with Crippen molar-refractivity contribution in [1.82, 2.24) is 4.90 Å². The van der Waals surface area contributed by atoms with E-state index in [-0.39, 0.29) is 0 Å². The molecule has 2 aromatic rings. The molecule has 0 aliphatic carbocycles. The number of carbonyl (C=O) groups is 1. The average Bonchev–Trinajstić information content (AvgIpc) is 2.64. The van der Waals surface area contributed by atoms with Crippen molar-refractivity contribution in [3.05, 3.63) is 77.4 Å². The van der Waals surface area contributed by atoms with E-state index in [4.69, 9.17) is 0 Å². The maximum absolute atomic E-state index is 10.9. The number of piperidine rings is 1. The van der Waals surface area contributed by atoms with Gasteiger partial charge in [-0.3, -0.25) is 4.79 Å². The minimum absolute atomic E-state index is 0.780. The molecule has 0 atom stereocenters. The predicted molar refractivity (Wildman–Crippen MR) is 93.6 cm³/mol.